The first-order chi connectivity index (χ1) is 8.42. The molecule has 4 nitrogen and oxygen atoms in total. The SMILES string of the molecule is c1cc(CCc2nc(C3CCOC3)no2)cs1. The smallest absolute Gasteiger partial charge is 0.226 e. The quantitative estimate of drug-likeness (QED) is 0.836. The molecule has 1 saturated heterocycles. The third-order valence-electron chi connectivity index (χ3n) is 2.99. The normalized spacial score (nSPS) is 19.9. The van der Waals surface area contributed by atoms with Gasteiger partial charge in [0, 0.05) is 18.9 Å². The van der Waals surface area contributed by atoms with Gasteiger partial charge in [0.15, 0.2) is 5.82 Å². The Hall–Kier alpha value is -1.20. The summed E-state index contributed by atoms with van der Waals surface area (Å²) in [4.78, 5) is 4.44. The van der Waals surface area contributed by atoms with Gasteiger partial charge in [-0.05, 0) is 35.2 Å². The van der Waals surface area contributed by atoms with Crippen molar-refractivity contribution < 1.29 is 9.26 Å². The molecule has 3 heterocycles. The van der Waals surface area contributed by atoms with E-state index in [1.165, 1.54) is 5.56 Å². The van der Waals surface area contributed by atoms with Crippen LogP contribution in [-0.2, 0) is 17.6 Å². The topological polar surface area (TPSA) is 48.2 Å². The van der Waals surface area contributed by atoms with Crippen molar-refractivity contribution in [1.82, 2.24) is 10.1 Å². The molecule has 3 rings (SSSR count). The highest BCUT2D eigenvalue weighted by molar-refractivity contribution is 7.07. The molecule has 0 bridgehead atoms. The third-order valence-corrected chi connectivity index (χ3v) is 3.72. The predicted molar refractivity (Wildman–Crippen MR) is 64.2 cm³/mol. The summed E-state index contributed by atoms with van der Waals surface area (Å²) >= 11 is 1.72. The molecule has 0 aliphatic carbocycles. The molecular weight excluding hydrogens is 236 g/mol. The lowest BCUT2D eigenvalue weighted by Gasteiger charge is -1.97. The zero-order valence-corrected chi connectivity index (χ0v) is 10.3. The van der Waals surface area contributed by atoms with Crippen molar-refractivity contribution in [3.8, 4) is 0 Å². The van der Waals surface area contributed by atoms with Crippen molar-refractivity contribution in [2.24, 2.45) is 0 Å². The predicted octanol–water partition coefficient (Wildman–Crippen LogP) is 2.42. The molecule has 0 saturated carbocycles. The molecular formula is C12H14N2O2S. The Morgan fingerprint density at radius 1 is 1.41 bits per heavy atom. The monoisotopic (exact) mass is 250 g/mol. The van der Waals surface area contributed by atoms with Crippen LogP contribution in [0.5, 0.6) is 0 Å². The van der Waals surface area contributed by atoms with E-state index < -0.39 is 0 Å². The van der Waals surface area contributed by atoms with Gasteiger partial charge in [0.2, 0.25) is 5.89 Å². The van der Waals surface area contributed by atoms with Crippen LogP contribution >= 0.6 is 11.3 Å². The second-order valence-corrected chi connectivity index (χ2v) is 5.02. The summed E-state index contributed by atoms with van der Waals surface area (Å²) in [6.07, 6.45) is 2.78. The first-order valence-corrected chi connectivity index (χ1v) is 6.77. The molecule has 5 heteroatoms. The number of aromatic nitrogens is 2. The maximum atomic E-state index is 5.32. The maximum Gasteiger partial charge on any atom is 0.226 e. The highest BCUT2D eigenvalue weighted by Gasteiger charge is 2.22. The number of hydrogen-bond acceptors (Lipinski definition) is 5. The Morgan fingerprint density at radius 2 is 2.41 bits per heavy atom. The molecule has 17 heavy (non-hydrogen) atoms. The second kappa shape index (κ2) is 4.98. The first kappa shape index (κ1) is 10.9. The lowest BCUT2D eigenvalue weighted by molar-refractivity contribution is 0.192. The lowest BCUT2D eigenvalue weighted by Crippen LogP contribution is -2.00. The van der Waals surface area contributed by atoms with Crippen LogP contribution in [0.25, 0.3) is 0 Å². The lowest BCUT2D eigenvalue weighted by atomic mass is 10.1. The summed E-state index contributed by atoms with van der Waals surface area (Å²) < 4.78 is 10.6. The van der Waals surface area contributed by atoms with Crippen LogP contribution in [0, 0.1) is 0 Å². The van der Waals surface area contributed by atoms with Gasteiger partial charge in [-0.3, -0.25) is 0 Å². The van der Waals surface area contributed by atoms with E-state index >= 15 is 0 Å². The van der Waals surface area contributed by atoms with Crippen molar-refractivity contribution in [3.05, 3.63) is 34.1 Å². The van der Waals surface area contributed by atoms with Crippen LogP contribution < -0.4 is 0 Å². The number of hydrogen-bond donors (Lipinski definition) is 0. The van der Waals surface area contributed by atoms with Gasteiger partial charge in [0.05, 0.1) is 6.61 Å². The van der Waals surface area contributed by atoms with Crippen LogP contribution in [0.3, 0.4) is 0 Å². The Balaban J connectivity index is 1.60. The Bertz CT molecular complexity index is 461. The zero-order chi connectivity index (χ0) is 11.5. The van der Waals surface area contributed by atoms with E-state index in [0.717, 1.165) is 44.2 Å². The van der Waals surface area contributed by atoms with E-state index in [4.69, 9.17) is 9.26 Å². The van der Waals surface area contributed by atoms with Crippen molar-refractivity contribution in [1.29, 1.82) is 0 Å². The molecule has 90 valence electrons. The fraction of sp³-hybridized carbons (Fsp3) is 0.500. The van der Waals surface area contributed by atoms with Crippen molar-refractivity contribution in [2.45, 2.75) is 25.2 Å². The number of nitrogens with zero attached hydrogens (tertiary/aromatic N) is 2. The minimum atomic E-state index is 0.327. The van der Waals surface area contributed by atoms with E-state index in [-0.39, 0.29) is 0 Å². The fourth-order valence-corrected chi connectivity index (χ4v) is 2.66. The minimum Gasteiger partial charge on any atom is -0.381 e. The van der Waals surface area contributed by atoms with Crippen LogP contribution in [-0.4, -0.2) is 23.4 Å². The van der Waals surface area contributed by atoms with Gasteiger partial charge in [-0.15, -0.1) is 0 Å². The van der Waals surface area contributed by atoms with Gasteiger partial charge in [0.25, 0.3) is 0 Å². The van der Waals surface area contributed by atoms with Crippen molar-refractivity contribution in [2.75, 3.05) is 13.2 Å². The molecule has 0 amide bonds. The van der Waals surface area contributed by atoms with Crippen molar-refractivity contribution in [3.63, 3.8) is 0 Å². The summed E-state index contributed by atoms with van der Waals surface area (Å²) in [5.74, 6) is 1.87. The van der Waals surface area contributed by atoms with Gasteiger partial charge in [-0.2, -0.15) is 16.3 Å². The van der Waals surface area contributed by atoms with Gasteiger partial charge in [0.1, 0.15) is 0 Å². The Labute approximate surface area is 104 Å². The van der Waals surface area contributed by atoms with E-state index in [1.807, 2.05) is 0 Å². The van der Waals surface area contributed by atoms with E-state index in [9.17, 15) is 0 Å². The summed E-state index contributed by atoms with van der Waals surface area (Å²) in [5.41, 5.74) is 1.33. The molecule has 0 spiro atoms. The molecule has 0 aromatic carbocycles. The summed E-state index contributed by atoms with van der Waals surface area (Å²) in [5, 5.41) is 8.28. The highest BCUT2D eigenvalue weighted by atomic mass is 32.1. The molecule has 1 aliphatic heterocycles. The van der Waals surface area contributed by atoms with Gasteiger partial charge in [-0.25, -0.2) is 0 Å². The number of rotatable bonds is 4. The summed E-state index contributed by atoms with van der Waals surface area (Å²) in [7, 11) is 0. The molecule has 1 aliphatic rings. The third kappa shape index (κ3) is 2.56. The molecule has 2 aromatic heterocycles. The second-order valence-electron chi connectivity index (χ2n) is 4.24. The van der Waals surface area contributed by atoms with Crippen LogP contribution in [0.2, 0.25) is 0 Å². The van der Waals surface area contributed by atoms with Crippen molar-refractivity contribution >= 4 is 11.3 Å². The number of thiophene rings is 1. The van der Waals surface area contributed by atoms with Crippen LogP contribution in [0.15, 0.2) is 21.3 Å². The Kier molecular flexibility index (Phi) is 3.20. The molecule has 1 atom stereocenters. The van der Waals surface area contributed by atoms with Crippen LogP contribution in [0.1, 0.15) is 29.6 Å². The van der Waals surface area contributed by atoms with Gasteiger partial charge in [-0.1, -0.05) is 5.16 Å². The number of ether oxygens (including phenoxy) is 1. The summed E-state index contributed by atoms with van der Waals surface area (Å²) in [6, 6.07) is 2.13. The molecule has 1 fully saturated rings. The number of aryl methyl sites for hydroxylation is 2. The first-order valence-electron chi connectivity index (χ1n) is 5.83. The average molecular weight is 250 g/mol. The maximum absolute atomic E-state index is 5.32. The minimum absolute atomic E-state index is 0.327. The summed E-state index contributed by atoms with van der Waals surface area (Å²) in [6.45, 7) is 1.53. The van der Waals surface area contributed by atoms with E-state index in [1.54, 1.807) is 11.3 Å². The van der Waals surface area contributed by atoms with Crippen LogP contribution in [0.4, 0.5) is 0 Å². The standard InChI is InChI=1S/C12H14N2O2S/c1(9-4-6-17-8-9)2-11-13-12(14-16-11)10-3-5-15-7-10/h4,6,8,10H,1-3,5,7H2. The molecule has 2 aromatic rings. The van der Waals surface area contributed by atoms with E-state index in [2.05, 4.69) is 27.0 Å². The van der Waals surface area contributed by atoms with Gasteiger partial charge < -0.3 is 9.26 Å². The zero-order valence-electron chi connectivity index (χ0n) is 9.46. The van der Waals surface area contributed by atoms with E-state index in [0.29, 0.717) is 5.92 Å². The largest absolute Gasteiger partial charge is 0.381 e. The van der Waals surface area contributed by atoms with Gasteiger partial charge >= 0.3 is 0 Å². The Morgan fingerprint density at radius 3 is 3.18 bits per heavy atom. The molecule has 0 N–H and O–H groups in total. The average Bonchev–Trinajstić information content (AvgIpc) is 3.09. The molecule has 1 unspecified atom stereocenters. The molecule has 0 radical (unpaired) electrons. The fourth-order valence-electron chi connectivity index (χ4n) is 1.96. The highest BCUT2D eigenvalue weighted by Crippen LogP contribution is 2.22.